The standard InChI is InChI=1S/C55H99NO8/c1-3-5-7-9-11-13-15-17-18-19-20-21-22-23-24-25-26-27-28-29-30-31-33-34-36-38-40-42-44-49(58)48(47-63-55-54(62)53(61)52(60)50(46-57)64-55)56-51(59)45-43-41-39-37-35-32-16-14-12-10-8-6-4-2/h8,10,14,16,29-30,34,36,42,44,48-50,52-55,57-58,60-62H,3-7,9,11-13,15,17-28,31-33,35,37-41,43,45-47H2,1-2H3,(H,56,59)/b10-8-,16-14-,30-29+,36-34+,44-42+. The van der Waals surface area contributed by atoms with Gasteiger partial charge < -0.3 is 40.3 Å². The minimum absolute atomic E-state index is 0.207. The van der Waals surface area contributed by atoms with Crippen LogP contribution >= 0.6 is 0 Å². The quantitative estimate of drug-likeness (QED) is 0.0262. The number of unbranched alkanes of at least 4 members (excludes halogenated alkanes) is 26. The minimum Gasteiger partial charge on any atom is -0.394 e. The van der Waals surface area contributed by atoms with Crippen molar-refractivity contribution in [2.45, 2.75) is 269 Å². The molecule has 9 heteroatoms. The lowest BCUT2D eigenvalue weighted by Gasteiger charge is -2.40. The van der Waals surface area contributed by atoms with Gasteiger partial charge in [0.2, 0.25) is 5.91 Å². The van der Waals surface area contributed by atoms with Crippen LogP contribution in [0.1, 0.15) is 226 Å². The Morgan fingerprint density at radius 2 is 0.969 bits per heavy atom. The zero-order valence-corrected chi connectivity index (χ0v) is 41.0. The van der Waals surface area contributed by atoms with E-state index in [2.05, 4.69) is 67.8 Å². The molecule has 0 aliphatic carbocycles. The third-order valence-corrected chi connectivity index (χ3v) is 12.3. The fraction of sp³-hybridized carbons (Fsp3) is 0.800. The lowest BCUT2D eigenvalue weighted by molar-refractivity contribution is -0.302. The van der Waals surface area contributed by atoms with Crippen LogP contribution in [0.5, 0.6) is 0 Å². The molecule has 1 rings (SSSR count). The molecule has 0 radical (unpaired) electrons. The molecule has 9 nitrogen and oxygen atoms in total. The van der Waals surface area contributed by atoms with Crippen molar-refractivity contribution < 1.29 is 39.8 Å². The molecule has 0 aromatic carbocycles. The van der Waals surface area contributed by atoms with Crippen LogP contribution in [0.2, 0.25) is 0 Å². The maximum Gasteiger partial charge on any atom is 0.220 e. The van der Waals surface area contributed by atoms with E-state index in [1.165, 1.54) is 128 Å². The first-order valence-electron chi connectivity index (χ1n) is 26.5. The molecule has 1 aliphatic rings. The maximum atomic E-state index is 13.0. The topological polar surface area (TPSA) is 149 Å². The van der Waals surface area contributed by atoms with E-state index in [4.69, 9.17) is 9.47 Å². The van der Waals surface area contributed by atoms with Gasteiger partial charge in [-0.3, -0.25) is 4.79 Å². The van der Waals surface area contributed by atoms with Gasteiger partial charge in [-0.05, 0) is 70.6 Å². The second-order valence-corrected chi connectivity index (χ2v) is 18.3. The van der Waals surface area contributed by atoms with Crippen LogP contribution in [0.3, 0.4) is 0 Å². The molecule has 1 amide bonds. The van der Waals surface area contributed by atoms with E-state index in [9.17, 15) is 30.3 Å². The Morgan fingerprint density at radius 3 is 1.47 bits per heavy atom. The predicted molar refractivity (Wildman–Crippen MR) is 267 cm³/mol. The van der Waals surface area contributed by atoms with E-state index in [0.717, 1.165) is 77.0 Å². The number of allylic oxidation sites excluding steroid dienone is 9. The first-order valence-corrected chi connectivity index (χ1v) is 26.5. The third-order valence-electron chi connectivity index (χ3n) is 12.3. The SMILES string of the molecule is CCC/C=C\C/C=C\CCCCCCCC(=O)NC(COC1OC(CO)C(O)C(O)C1O)C(O)/C=C/CC/C=C/CC/C=C/CCCCCCCCCCCCCCCCCCCC. The number of aliphatic hydroxyl groups excluding tert-OH is 5. The molecule has 0 aromatic rings. The van der Waals surface area contributed by atoms with Crippen molar-refractivity contribution in [1.29, 1.82) is 0 Å². The Balaban J connectivity index is 2.27. The summed E-state index contributed by atoms with van der Waals surface area (Å²) in [6.07, 6.45) is 52.9. The lowest BCUT2D eigenvalue weighted by Crippen LogP contribution is -2.60. The monoisotopic (exact) mass is 902 g/mol. The molecule has 1 heterocycles. The largest absolute Gasteiger partial charge is 0.394 e. The molecule has 1 aliphatic heterocycles. The van der Waals surface area contributed by atoms with Crippen LogP contribution in [0.4, 0.5) is 0 Å². The van der Waals surface area contributed by atoms with Gasteiger partial charge in [-0.15, -0.1) is 0 Å². The summed E-state index contributed by atoms with van der Waals surface area (Å²) >= 11 is 0. The normalized spacial score (nSPS) is 20.5. The number of amides is 1. The first-order chi connectivity index (χ1) is 31.3. The molecule has 6 N–H and O–H groups in total. The molecule has 7 unspecified atom stereocenters. The molecule has 0 aromatic heterocycles. The molecule has 7 atom stereocenters. The molecular weight excluding hydrogens is 803 g/mol. The van der Waals surface area contributed by atoms with E-state index in [0.29, 0.717) is 6.42 Å². The van der Waals surface area contributed by atoms with Gasteiger partial charge in [-0.2, -0.15) is 0 Å². The van der Waals surface area contributed by atoms with Gasteiger partial charge in [0.05, 0.1) is 25.4 Å². The second kappa shape index (κ2) is 44.7. The smallest absolute Gasteiger partial charge is 0.220 e. The summed E-state index contributed by atoms with van der Waals surface area (Å²) in [4.78, 5) is 13.0. The highest BCUT2D eigenvalue weighted by Gasteiger charge is 2.44. The second-order valence-electron chi connectivity index (χ2n) is 18.3. The first kappa shape index (κ1) is 59.9. The molecule has 0 saturated carbocycles. The maximum absolute atomic E-state index is 13.0. The van der Waals surface area contributed by atoms with E-state index < -0.39 is 49.5 Å². The number of hydrogen-bond acceptors (Lipinski definition) is 8. The zero-order valence-electron chi connectivity index (χ0n) is 41.0. The van der Waals surface area contributed by atoms with Crippen LogP contribution < -0.4 is 5.32 Å². The summed E-state index contributed by atoms with van der Waals surface area (Å²) in [5.41, 5.74) is 0. The Hall–Kier alpha value is -2.11. The average molecular weight is 902 g/mol. The van der Waals surface area contributed by atoms with E-state index in [1.54, 1.807) is 6.08 Å². The molecule has 64 heavy (non-hydrogen) atoms. The highest BCUT2D eigenvalue weighted by atomic mass is 16.7. The summed E-state index contributed by atoms with van der Waals surface area (Å²) in [5, 5.41) is 54.3. The molecule has 0 spiro atoms. The molecular formula is C55H99NO8. The van der Waals surface area contributed by atoms with E-state index in [1.807, 2.05) is 6.08 Å². The van der Waals surface area contributed by atoms with Crippen LogP contribution in [0, 0.1) is 0 Å². The van der Waals surface area contributed by atoms with Gasteiger partial charge in [-0.25, -0.2) is 0 Å². The Kier molecular flexibility index (Phi) is 41.9. The van der Waals surface area contributed by atoms with Gasteiger partial charge in [0, 0.05) is 6.42 Å². The van der Waals surface area contributed by atoms with Gasteiger partial charge in [-0.1, -0.05) is 209 Å². The van der Waals surface area contributed by atoms with Gasteiger partial charge in [0.15, 0.2) is 6.29 Å². The van der Waals surface area contributed by atoms with Crippen LogP contribution in [-0.4, -0.2) is 87.5 Å². The third kappa shape index (κ3) is 34.2. The van der Waals surface area contributed by atoms with Gasteiger partial charge >= 0.3 is 0 Å². The van der Waals surface area contributed by atoms with Crippen molar-refractivity contribution >= 4 is 5.91 Å². The van der Waals surface area contributed by atoms with Crippen molar-refractivity contribution in [2.24, 2.45) is 0 Å². The van der Waals surface area contributed by atoms with Crippen molar-refractivity contribution in [1.82, 2.24) is 5.32 Å². The molecule has 0 bridgehead atoms. The highest BCUT2D eigenvalue weighted by molar-refractivity contribution is 5.76. The highest BCUT2D eigenvalue weighted by Crippen LogP contribution is 2.23. The average Bonchev–Trinajstić information content (AvgIpc) is 3.29. The van der Waals surface area contributed by atoms with E-state index in [-0.39, 0.29) is 12.5 Å². The predicted octanol–water partition coefficient (Wildman–Crippen LogP) is 12.3. The molecule has 1 fully saturated rings. The summed E-state index contributed by atoms with van der Waals surface area (Å²) in [5.74, 6) is -0.207. The Morgan fingerprint density at radius 1 is 0.531 bits per heavy atom. The summed E-state index contributed by atoms with van der Waals surface area (Å²) in [6, 6.07) is -0.837. The number of ether oxygens (including phenoxy) is 2. The minimum atomic E-state index is -1.58. The number of nitrogens with one attached hydrogen (secondary N) is 1. The van der Waals surface area contributed by atoms with Crippen LogP contribution in [-0.2, 0) is 14.3 Å². The number of carbonyl (C=O) groups is 1. The number of rotatable bonds is 44. The summed E-state index contributed by atoms with van der Waals surface area (Å²) in [6.45, 7) is 3.68. The fourth-order valence-corrected chi connectivity index (χ4v) is 8.05. The van der Waals surface area contributed by atoms with Gasteiger partial charge in [0.25, 0.3) is 0 Å². The van der Waals surface area contributed by atoms with Crippen LogP contribution in [0.25, 0.3) is 0 Å². The Bertz CT molecular complexity index is 1180. The number of aliphatic hydroxyl groups is 5. The fourth-order valence-electron chi connectivity index (χ4n) is 8.05. The van der Waals surface area contributed by atoms with Crippen LogP contribution in [0.15, 0.2) is 60.8 Å². The molecule has 1 saturated heterocycles. The zero-order chi connectivity index (χ0) is 46.6. The number of hydrogen-bond donors (Lipinski definition) is 6. The van der Waals surface area contributed by atoms with E-state index >= 15 is 0 Å². The van der Waals surface area contributed by atoms with Crippen molar-refractivity contribution in [3.8, 4) is 0 Å². The van der Waals surface area contributed by atoms with Crippen molar-refractivity contribution in [3.63, 3.8) is 0 Å². The lowest BCUT2D eigenvalue weighted by atomic mass is 9.99. The van der Waals surface area contributed by atoms with Crippen molar-refractivity contribution in [3.05, 3.63) is 60.8 Å². The van der Waals surface area contributed by atoms with Gasteiger partial charge in [0.1, 0.15) is 24.4 Å². The van der Waals surface area contributed by atoms with Crippen molar-refractivity contribution in [2.75, 3.05) is 13.2 Å². The Labute approximate surface area is 392 Å². The summed E-state index contributed by atoms with van der Waals surface area (Å²) in [7, 11) is 0. The number of carbonyl (C=O) groups excluding carboxylic acids is 1. The molecule has 372 valence electrons. The summed E-state index contributed by atoms with van der Waals surface area (Å²) < 4.78 is 11.2.